The smallest absolute Gasteiger partial charge is 0.0739 e. The monoisotopic (exact) mass is 314 g/mol. The fourth-order valence-corrected chi connectivity index (χ4v) is 3.08. The molecule has 1 aromatic rings. The lowest BCUT2D eigenvalue weighted by atomic mass is 10.1. The third-order valence-corrected chi connectivity index (χ3v) is 4.54. The van der Waals surface area contributed by atoms with Gasteiger partial charge in [-0.15, -0.1) is 0 Å². The summed E-state index contributed by atoms with van der Waals surface area (Å²) in [6.07, 6.45) is 1.21. The van der Waals surface area contributed by atoms with Crippen molar-refractivity contribution < 1.29 is 0 Å². The second kappa shape index (κ2) is 5.31. The van der Waals surface area contributed by atoms with Gasteiger partial charge in [-0.3, -0.25) is 9.58 Å². The van der Waals surface area contributed by atoms with Crippen molar-refractivity contribution in [3.05, 3.63) is 15.9 Å². The topological polar surface area (TPSA) is 33.1 Å². The van der Waals surface area contributed by atoms with E-state index in [1.54, 1.807) is 0 Å². The van der Waals surface area contributed by atoms with Crippen LogP contribution in [0.4, 0.5) is 0 Å². The van der Waals surface area contributed by atoms with E-state index in [2.05, 4.69) is 45.1 Å². The summed E-state index contributed by atoms with van der Waals surface area (Å²) in [5, 5.41) is 8.06. The molecule has 1 aromatic heterocycles. The van der Waals surface area contributed by atoms with E-state index in [0.29, 0.717) is 0 Å². The minimum Gasteiger partial charge on any atom is -0.310 e. The lowest BCUT2D eigenvalue weighted by Crippen LogP contribution is -2.46. The van der Waals surface area contributed by atoms with Crippen molar-refractivity contribution in [2.24, 2.45) is 7.05 Å². The maximum absolute atomic E-state index is 4.46. The summed E-state index contributed by atoms with van der Waals surface area (Å²) >= 11 is 3.65. The van der Waals surface area contributed by atoms with Gasteiger partial charge in [-0.25, -0.2) is 0 Å². The van der Waals surface area contributed by atoms with E-state index in [4.69, 9.17) is 0 Å². The second-order valence-electron chi connectivity index (χ2n) is 5.84. The molecule has 1 saturated heterocycles. The van der Waals surface area contributed by atoms with E-state index in [1.807, 2.05) is 18.7 Å². The third-order valence-electron chi connectivity index (χ3n) is 3.51. The molecule has 0 saturated carbocycles. The quantitative estimate of drug-likeness (QED) is 0.907. The zero-order chi connectivity index (χ0) is 13.3. The Kier molecular flexibility index (Phi) is 4.14. The van der Waals surface area contributed by atoms with Crippen LogP contribution < -0.4 is 5.32 Å². The molecule has 0 atom stereocenters. The van der Waals surface area contributed by atoms with Gasteiger partial charge >= 0.3 is 0 Å². The Hall–Kier alpha value is -0.390. The molecule has 0 radical (unpaired) electrons. The first-order valence-electron chi connectivity index (χ1n) is 6.54. The van der Waals surface area contributed by atoms with E-state index in [0.717, 1.165) is 36.3 Å². The molecule has 1 aliphatic heterocycles. The Bertz CT molecular complexity index is 425. The molecule has 2 rings (SSSR count). The van der Waals surface area contributed by atoms with Gasteiger partial charge in [0.1, 0.15) is 0 Å². The highest BCUT2D eigenvalue weighted by molar-refractivity contribution is 9.10. The highest BCUT2D eigenvalue weighted by Gasteiger charge is 2.25. The minimum atomic E-state index is 0.191. The van der Waals surface area contributed by atoms with Crippen LogP contribution in [0.25, 0.3) is 0 Å². The first kappa shape index (κ1) is 14.0. The van der Waals surface area contributed by atoms with E-state index in [1.165, 1.54) is 12.1 Å². The molecule has 18 heavy (non-hydrogen) atoms. The van der Waals surface area contributed by atoms with Crippen molar-refractivity contribution in [1.29, 1.82) is 0 Å². The maximum Gasteiger partial charge on any atom is 0.0739 e. The molecule has 0 spiro atoms. The van der Waals surface area contributed by atoms with Gasteiger partial charge in [0.15, 0.2) is 0 Å². The van der Waals surface area contributed by atoms with Crippen molar-refractivity contribution in [3.8, 4) is 0 Å². The summed E-state index contributed by atoms with van der Waals surface area (Å²) in [6.45, 7) is 10.9. The van der Waals surface area contributed by atoms with Crippen molar-refractivity contribution in [1.82, 2.24) is 20.0 Å². The molecule has 0 aliphatic carbocycles. The number of aryl methyl sites for hydroxylation is 2. The van der Waals surface area contributed by atoms with Crippen LogP contribution >= 0.6 is 15.9 Å². The molecule has 1 fully saturated rings. The lowest BCUT2D eigenvalue weighted by molar-refractivity contribution is 0.219. The van der Waals surface area contributed by atoms with Gasteiger partial charge in [0, 0.05) is 25.7 Å². The highest BCUT2D eigenvalue weighted by Crippen LogP contribution is 2.23. The van der Waals surface area contributed by atoms with Gasteiger partial charge in [-0.05, 0) is 56.2 Å². The molecule has 5 heteroatoms. The second-order valence-corrected chi connectivity index (χ2v) is 6.64. The fraction of sp³-hybridized carbons (Fsp3) is 0.769. The van der Waals surface area contributed by atoms with Crippen LogP contribution in [0.15, 0.2) is 4.47 Å². The van der Waals surface area contributed by atoms with E-state index in [9.17, 15) is 0 Å². The largest absolute Gasteiger partial charge is 0.310 e. The van der Waals surface area contributed by atoms with Crippen LogP contribution in [0.1, 0.15) is 31.7 Å². The van der Waals surface area contributed by atoms with Crippen LogP contribution in [-0.2, 0) is 13.6 Å². The number of aromatic nitrogens is 2. The Morgan fingerprint density at radius 2 is 2.17 bits per heavy atom. The summed E-state index contributed by atoms with van der Waals surface area (Å²) in [4.78, 5) is 2.52. The summed E-state index contributed by atoms with van der Waals surface area (Å²) < 4.78 is 3.14. The van der Waals surface area contributed by atoms with Crippen LogP contribution in [0, 0.1) is 6.92 Å². The molecule has 2 heterocycles. The van der Waals surface area contributed by atoms with Crippen LogP contribution in [0.5, 0.6) is 0 Å². The standard InChI is InChI=1S/C13H23BrN4/c1-10-12(14)11(17(4)16-10)8-18-7-5-6-15-13(2,3)9-18/h15H,5-9H2,1-4H3. The molecule has 0 aromatic carbocycles. The van der Waals surface area contributed by atoms with Gasteiger partial charge in [-0.1, -0.05) is 0 Å². The molecular weight excluding hydrogens is 292 g/mol. The van der Waals surface area contributed by atoms with Crippen molar-refractivity contribution in [2.75, 3.05) is 19.6 Å². The van der Waals surface area contributed by atoms with Crippen LogP contribution in [0.3, 0.4) is 0 Å². The minimum absolute atomic E-state index is 0.191. The Morgan fingerprint density at radius 3 is 2.78 bits per heavy atom. The molecule has 0 unspecified atom stereocenters. The predicted molar refractivity (Wildman–Crippen MR) is 77.6 cm³/mol. The zero-order valence-electron chi connectivity index (χ0n) is 11.8. The average molecular weight is 315 g/mol. The van der Waals surface area contributed by atoms with Gasteiger partial charge in [0.05, 0.1) is 15.9 Å². The van der Waals surface area contributed by atoms with Crippen LogP contribution in [-0.4, -0.2) is 39.9 Å². The number of hydrogen-bond donors (Lipinski definition) is 1. The lowest BCUT2D eigenvalue weighted by Gasteiger charge is -2.30. The Morgan fingerprint density at radius 1 is 1.44 bits per heavy atom. The summed E-state index contributed by atoms with van der Waals surface area (Å²) in [6, 6.07) is 0. The van der Waals surface area contributed by atoms with Gasteiger partial charge in [0.25, 0.3) is 0 Å². The zero-order valence-corrected chi connectivity index (χ0v) is 13.3. The number of halogens is 1. The SMILES string of the molecule is Cc1nn(C)c(CN2CCCNC(C)(C)C2)c1Br. The van der Waals surface area contributed by atoms with Crippen molar-refractivity contribution in [2.45, 2.75) is 39.3 Å². The van der Waals surface area contributed by atoms with Crippen molar-refractivity contribution in [3.63, 3.8) is 0 Å². The first-order valence-corrected chi connectivity index (χ1v) is 7.34. The molecule has 102 valence electrons. The van der Waals surface area contributed by atoms with Gasteiger partial charge < -0.3 is 5.32 Å². The van der Waals surface area contributed by atoms with Crippen molar-refractivity contribution >= 4 is 15.9 Å². The Balaban J connectivity index is 2.12. The Labute approximate surface area is 118 Å². The van der Waals surface area contributed by atoms with E-state index in [-0.39, 0.29) is 5.54 Å². The van der Waals surface area contributed by atoms with E-state index < -0.39 is 0 Å². The first-order chi connectivity index (χ1) is 8.39. The number of rotatable bonds is 2. The molecule has 1 aliphatic rings. The highest BCUT2D eigenvalue weighted by atomic mass is 79.9. The molecular formula is C13H23BrN4. The number of hydrogen-bond acceptors (Lipinski definition) is 3. The summed E-state index contributed by atoms with van der Waals surface area (Å²) in [7, 11) is 2.02. The van der Waals surface area contributed by atoms with Gasteiger partial charge in [0.2, 0.25) is 0 Å². The van der Waals surface area contributed by atoms with Crippen LogP contribution in [0.2, 0.25) is 0 Å². The molecule has 0 bridgehead atoms. The number of nitrogens with zero attached hydrogens (tertiary/aromatic N) is 3. The molecule has 4 nitrogen and oxygen atoms in total. The third kappa shape index (κ3) is 3.13. The fourth-order valence-electron chi connectivity index (χ4n) is 2.62. The molecule has 0 amide bonds. The predicted octanol–water partition coefficient (Wildman–Crippen LogP) is 2.06. The maximum atomic E-state index is 4.46. The molecule has 1 N–H and O–H groups in total. The summed E-state index contributed by atoms with van der Waals surface area (Å²) in [5.41, 5.74) is 2.53. The van der Waals surface area contributed by atoms with Gasteiger partial charge in [-0.2, -0.15) is 5.10 Å². The average Bonchev–Trinajstić information content (AvgIpc) is 2.46. The normalized spacial score (nSPS) is 20.9. The number of nitrogens with one attached hydrogen (secondary N) is 1. The van der Waals surface area contributed by atoms with E-state index >= 15 is 0 Å². The summed E-state index contributed by atoms with van der Waals surface area (Å²) in [5.74, 6) is 0.